The number of rotatable bonds is 5. The molecule has 0 aromatic carbocycles. The van der Waals surface area contributed by atoms with Crippen LogP contribution in [0.5, 0.6) is 0 Å². The SMILES string of the molecule is CC(C)[C@H](N)C(=O)NCC(=O)NC1(C)CCOC1.Cl. The van der Waals surface area contributed by atoms with E-state index in [9.17, 15) is 9.59 Å². The standard InChI is InChI=1S/C12H23N3O3.ClH/c1-8(2)10(13)11(17)14-6-9(16)15-12(3)4-5-18-7-12;/h8,10H,4-7,13H2,1-3H3,(H,14,17)(H,15,16);1H/t10-,12?;/m0./s1. The number of halogens is 1. The molecule has 0 radical (unpaired) electrons. The topological polar surface area (TPSA) is 93.5 Å². The summed E-state index contributed by atoms with van der Waals surface area (Å²) in [5.74, 6) is -0.464. The first-order valence-electron chi connectivity index (χ1n) is 6.26. The summed E-state index contributed by atoms with van der Waals surface area (Å²) in [6.45, 7) is 6.77. The number of hydrogen-bond acceptors (Lipinski definition) is 4. The van der Waals surface area contributed by atoms with Crippen molar-refractivity contribution in [2.75, 3.05) is 19.8 Å². The van der Waals surface area contributed by atoms with Crippen LogP contribution in [0.3, 0.4) is 0 Å². The molecule has 2 amide bonds. The van der Waals surface area contributed by atoms with Gasteiger partial charge in [-0.1, -0.05) is 13.8 Å². The van der Waals surface area contributed by atoms with Crippen molar-refractivity contribution >= 4 is 24.2 Å². The highest BCUT2D eigenvalue weighted by molar-refractivity contribution is 5.87. The second-order valence-electron chi connectivity index (χ2n) is 5.40. The van der Waals surface area contributed by atoms with Crippen LogP contribution in [0, 0.1) is 5.92 Å². The fraction of sp³-hybridized carbons (Fsp3) is 0.833. The summed E-state index contributed by atoms with van der Waals surface area (Å²) in [6.07, 6.45) is 0.790. The van der Waals surface area contributed by atoms with Gasteiger partial charge in [0.1, 0.15) is 0 Å². The van der Waals surface area contributed by atoms with Crippen LogP contribution in [0.25, 0.3) is 0 Å². The van der Waals surface area contributed by atoms with E-state index in [0.29, 0.717) is 13.2 Å². The third kappa shape index (κ3) is 5.76. The molecule has 1 rings (SSSR count). The van der Waals surface area contributed by atoms with E-state index in [4.69, 9.17) is 10.5 Å². The van der Waals surface area contributed by atoms with Crippen molar-refractivity contribution in [2.45, 2.75) is 38.8 Å². The summed E-state index contributed by atoms with van der Waals surface area (Å²) in [5, 5.41) is 5.40. The Morgan fingerprint density at radius 3 is 2.53 bits per heavy atom. The van der Waals surface area contributed by atoms with Gasteiger partial charge in [0.2, 0.25) is 11.8 Å². The molecule has 1 heterocycles. The number of ether oxygens (including phenoxy) is 1. The van der Waals surface area contributed by atoms with E-state index in [1.165, 1.54) is 0 Å². The highest BCUT2D eigenvalue weighted by atomic mass is 35.5. The summed E-state index contributed by atoms with van der Waals surface area (Å²) in [5.41, 5.74) is 5.35. The van der Waals surface area contributed by atoms with Crippen molar-refractivity contribution in [3.8, 4) is 0 Å². The maximum absolute atomic E-state index is 11.7. The van der Waals surface area contributed by atoms with Crippen LogP contribution in [0.4, 0.5) is 0 Å². The number of nitrogens with one attached hydrogen (secondary N) is 2. The molecule has 112 valence electrons. The normalized spacial score (nSPS) is 23.6. The van der Waals surface area contributed by atoms with Gasteiger partial charge in [0.15, 0.2) is 0 Å². The highest BCUT2D eigenvalue weighted by Gasteiger charge is 2.31. The van der Waals surface area contributed by atoms with Gasteiger partial charge in [-0.15, -0.1) is 12.4 Å². The van der Waals surface area contributed by atoms with Crippen molar-refractivity contribution in [2.24, 2.45) is 11.7 Å². The Balaban J connectivity index is 0.00000324. The highest BCUT2D eigenvalue weighted by Crippen LogP contribution is 2.16. The maximum atomic E-state index is 11.7. The molecule has 1 fully saturated rings. The molecule has 0 bridgehead atoms. The monoisotopic (exact) mass is 293 g/mol. The molecule has 0 aliphatic carbocycles. The van der Waals surface area contributed by atoms with Gasteiger partial charge in [0.05, 0.1) is 24.7 Å². The predicted octanol–water partition coefficient (Wildman–Crippen LogP) is -0.197. The Morgan fingerprint density at radius 1 is 1.42 bits per heavy atom. The van der Waals surface area contributed by atoms with E-state index in [2.05, 4.69) is 10.6 Å². The minimum Gasteiger partial charge on any atom is -0.379 e. The Bertz CT molecular complexity index is 317. The minimum absolute atomic E-state index is 0. The van der Waals surface area contributed by atoms with E-state index >= 15 is 0 Å². The Kier molecular flexibility index (Phi) is 7.33. The molecule has 2 atom stereocenters. The first kappa shape index (κ1) is 18.1. The molecule has 1 unspecified atom stereocenters. The lowest BCUT2D eigenvalue weighted by atomic mass is 10.0. The largest absolute Gasteiger partial charge is 0.379 e. The summed E-state index contributed by atoms with van der Waals surface area (Å²) < 4.78 is 5.23. The van der Waals surface area contributed by atoms with Crippen LogP contribution in [-0.4, -0.2) is 43.2 Å². The number of hydrogen-bond donors (Lipinski definition) is 3. The third-order valence-corrected chi connectivity index (χ3v) is 3.10. The molecule has 1 saturated heterocycles. The van der Waals surface area contributed by atoms with Gasteiger partial charge in [-0.25, -0.2) is 0 Å². The maximum Gasteiger partial charge on any atom is 0.239 e. The molecule has 0 aromatic heterocycles. The van der Waals surface area contributed by atoms with Crippen LogP contribution in [0.1, 0.15) is 27.2 Å². The predicted molar refractivity (Wildman–Crippen MR) is 75.1 cm³/mol. The van der Waals surface area contributed by atoms with Crippen molar-refractivity contribution in [3.63, 3.8) is 0 Å². The van der Waals surface area contributed by atoms with Crippen molar-refractivity contribution in [3.05, 3.63) is 0 Å². The zero-order valence-electron chi connectivity index (χ0n) is 11.7. The van der Waals surface area contributed by atoms with Crippen LogP contribution in [0.2, 0.25) is 0 Å². The van der Waals surface area contributed by atoms with Crippen LogP contribution < -0.4 is 16.4 Å². The molecule has 0 saturated carbocycles. The van der Waals surface area contributed by atoms with Gasteiger partial charge >= 0.3 is 0 Å². The first-order valence-corrected chi connectivity index (χ1v) is 6.26. The average molecular weight is 294 g/mol. The second kappa shape index (κ2) is 7.67. The molecule has 19 heavy (non-hydrogen) atoms. The lowest BCUT2D eigenvalue weighted by molar-refractivity contribution is -0.128. The Morgan fingerprint density at radius 2 is 2.05 bits per heavy atom. The summed E-state index contributed by atoms with van der Waals surface area (Å²) in [4.78, 5) is 23.2. The van der Waals surface area contributed by atoms with Crippen molar-refractivity contribution in [1.82, 2.24) is 10.6 Å². The zero-order valence-corrected chi connectivity index (χ0v) is 12.5. The van der Waals surface area contributed by atoms with Gasteiger partial charge in [-0.05, 0) is 19.3 Å². The fourth-order valence-electron chi connectivity index (χ4n) is 1.73. The van der Waals surface area contributed by atoms with Gasteiger partial charge in [0.25, 0.3) is 0 Å². The van der Waals surface area contributed by atoms with E-state index in [0.717, 1.165) is 6.42 Å². The molecule has 0 aromatic rings. The van der Waals surface area contributed by atoms with E-state index in [1.54, 1.807) is 0 Å². The molecule has 1 aliphatic rings. The Labute approximate surface area is 120 Å². The van der Waals surface area contributed by atoms with E-state index in [1.807, 2.05) is 20.8 Å². The van der Waals surface area contributed by atoms with Crippen molar-refractivity contribution < 1.29 is 14.3 Å². The van der Waals surface area contributed by atoms with E-state index in [-0.39, 0.29) is 42.2 Å². The molecule has 0 spiro atoms. The molecule has 4 N–H and O–H groups in total. The molecule has 1 aliphatic heterocycles. The molecular formula is C12H24ClN3O3. The third-order valence-electron chi connectivity index (χ3n) is 3.10. The number of nitrogens with two attached hydrogens (primary N) is 1. The smallest absolute Gasteiger partial charge is 0.239 e. The quantitative estimate of drug-likeness (QED) is 0.654. The zero-order chi connectivity index (χ0) is 13.8. The lowest BCUT2D eigenvalue weighted by Crippen LogP contribution is -2.52. The summed E-state index contributed by atoms with van der Waals surface area (Å²) >= 11 is 0. The average Bonchev–Trinajstić information content (AvgIpc) is 2.71. The molecule has 6 nitrogen and oxygen atoms in total. The number of carbonyl (C=O) groups excluding carboxylic acids is 2. The van der Waals surface area contributed by atoms with Gasteiger partial charge in [-0.2, -0.15) is 0 Å². The van der Waals surface area contributed by atoms with Gasteiger partial charge in [0, 0.05) is 6.61 Å². The number of carbonyl (C=O) groups is 2. The summed E-state index contributed by atoms with van der Waals surface area (Å²) in [6, 6.07) is -0.580. The van der Waals surface area contributed by atoms with Gasteiger partial charge in [-0.3, -0.25) is 9.59 Å². The molecule has 7 heteroatoms. The first-order chi connectivity index (χ1) is 8.34. The molecular weight excluding hydrogens is 270 g/mol. The lowest BCUT2D eigenvalue weighted by Gasteiger charge is -2.24. The summed E-state index contributed by atoms with van der Waals surface area (Å²) in [7, 11) is 0. The van der Waals surface area contributed by atoms with E-state index < -0.39 is 6.04 Å². The second-order valence-corrected chi connectivity index (χ2v) is 5.40. The fourth-order valence-corrected chi connectivity index (χ4v) is 1.73. The van der Waals surface area contributed by atoms with Crippen LogP contribution >= 0.6 is 12.4 Å². The Hall–Kier alpha value is -0.850. The van der Waals surface area contributed by atoms with Gasteiger partial charge < -0.3 is 21.1 Å². The number of amides is 2. The minimum atomic E-state index is -0.580. The van der Waals surface area contributed by atoms with Crippen LogP contribution in [-0.2, 0) is 14.3 Å². The van der Waals surface area contributed by atoms with Crippen LogP contribution in [0.15, 0.2) is 0 Å². The van der Waals surface area contributed by atoms with Crippen molar-refractivity contribution in [1.29, 1.82) is 0 Å².